The Bertz CT molecular complexity index is 804. The average Bonchev–Trinajstić information content (AvgIpc) is 2.60. The van der Waals surface area contributed by atoms with Crippen molar-refractivity contribution in [1.29, 1.82) is 0 Å². The smallest absolute Gasteiger partial charge is 0.260 e. The lowest BCUT2D eigenvalue weighted by atomic mass is 9.94. The van der Waals surface area contributed by atoms with Gasteiger partial charge in [0.05, 0.1) is 5.69 Å². The summed E-state index contributed by atoms with van der Waals surface area (Å²) < 4.78 is 5.53. The zero-order valence-electron chi connectivity index (χ0n) is 14.0. The van der Waals surface area contributed by atoms with Crippen LogP contribution in [0.25, 0.3) is 0 Å². The monoisotopic (exact) mass is 361 g/mol. The molecule has 1 aliphatic rings. The number of halogens is 1. The number of H-pyrrole nitrogens is 1. The van der Waals surface area contributed by atoms with Crippen LogP contribution < -0.4 is 10.3 Å². The van der Waals surface area contributed by atoms with Crippen molar-refractivity contribution >= 4 is 17.5 Å². The summed E-state index contributed by atoms with van der Waals surface area (Å²) in [5, 5.41) is 0.623. The Hall–Kier alpha value is -2.34. The highest BCUT2D eigenvalue weighted by atomic mass is 35.5. The van der Waals surface area contributed by atoms with Crippen LogP contribution in [0.15, 0.2) is 35.1 Å². The summed E-state index contributed by atoms with van der Waals surface area (Å²) in [5.74, 6) is 1.21. The second kappa shape index (κ2) is 7.70. The van der Waals surface area contributed by atoms with Gasteiger partial charge in [0.1, 0.15) is 11.6 Å². The summed E-state index contributed by atoms with van der Waals surface area (Å²) in [6, 6.07) is 8.43. The van der Waals surface area contributed by atoms with E-state index in [-0.39, 0.29) is 24.0 Å². The van der Waals surface area contributed by atoms with Crippen molar-refractivity contribution in [1.82, 2.24) is 14.9 Å². The maximum Gasteiger partial charge on any atom is 0.260 e. The molecule has 1 atom stereocenters. The highest BCUT2D eigenvalue weighted by Crippen LogP contribution is 2.25. The highest BCUT2D eigenvalue weighted by Gasteiger charge is 2.26. The van der Waals surface area contributed by atoms with Gasteiger partial charge in [0.25, 0.3) is 11.5 Å². The summed E-state index contributed by atoms with van der Waals surface area (Å²) in [6.07, 6.45) is 1.79. The SMILES string of the molecule is Cc1nc([C@@H]2CCCN(C(=O)COc3ccc(Cl)cc3)C2)cc(=O)[nH]1. The Morgan fingerprint density at radius 2 is 2.16 bits per heavy atom. The van der Waals surface area contributed by atoms with Crippen LogP contribution >= 0.6 is 11.6 Å². The van der Waals surface area contributed by atoms with Crippen LogP contribution in [-0.2, 0) is 4.79 Å². The summed E-state index contributed by atoms with van der Waals surface area (Å²) >= 11 is 5.83. The molecule has 25 heavy (non-hydrogen) atoms. The highest BCUT2D eigenvalue weighted by molar-refractivity contribution is 6.30. The number of hydrogen-bond donors (Lipinski definition) is 1. The van der Waals surface area contributed by atoms with Gasteiger partial charge in [-0.1, -0.05) is 11.6 Å². The zero-order chi connectivity index (χ0) is 17.8. The number of aromatic nitrogens is 2. The lowest BCUT2D eigenvalue weighted by Gasteiger charge is -2.32. The molecule has 1 saturated heterocycles. The van der Waals surface area contributed by atoms with E-state index in [4.69, 9.17) is 16.3 Å². The molecule has 1 aromatic carbocycles. The molecule has 1 amide bonds. The Morgan fingerprint density at radius 3 is 2.88 bits per heavy atom. The fraction of sp³-hybridized carbons (Fsp3) is 0.389. The summed E-state index contributed by atoms with van der Waals surface area (Å²) in [5.41, 5.74) is 0.592. The number of aromatic amines is 1. The molecule has 1 fully saturated rings. The van der Waals surface area contributed by atoms with E-state index in [0.717, 1.165) is 18.5 Å². The van der Waals surface area contributed by atoms with Crippen molar-refractivity contribution in [2.24, 2.45) is 0 Å². The third-order valence-electron chi connectivity index (χ3n) is 4.25. The van der Waals surface area contributed by atoms with E-state index < -0.39 is 0 Å². The van der Waals surface area contributed by atoms with Gasteiger partial charge in [0.15, 0.2) is 6.61 Å². The molecule has 0 saturated carbocycles. The molecule has 6 nitrogen and oxygen atoms in total. The molecule has 7 heteroatoms. The molecule has 0 aliphatic carbocycles. The number of likely N-dealkylation sites (tertiary alicyclic amines) is 1. The van der Waals surface area contributed by atoms with Crippen molar-refractivity contribution < 1.29 is 9.53 Å². The van der Waals surface area contributed by atoms with E-state index in [0.29, 0.717) is 29.7 Å². The van der Waals surface area contributed by atoms with Gasteiger partial charge in [-0.3, -0.25) is 9.59 Å². The van der Waals surface area contributed by atoms with Crippen molar-refractivity contribution in [2.75, 3.05) is 19.7 Å². The van der Waals surface area contributed by atoms with E-state index in [1.807, 2.05) is 0 Å². The minimum atomic E-state index is -0.156. The number of nitrogens with one attached hydrogen (secondary N) is 1. The van der Waals surface area contributed by atoms with Gasteiger partial charge >= 0.3 is 0 Å². The van der Waals surface area contributed by atoms with Gasteiger partial charge in [-0.15, -0.1) is 0 Å². The third-order valence-corrected chi connectivity index (χ3v) is 4.50. The molecule has 0 spiro atoms. The molecular weight excluding hydrogens is 342 g/mol. The normalized spacial score (nSPS) is 17.4. The first-order chi connectivity index (χ1) is 12.0. The van der Waals surface area contributed by atoms with Gasteiger partial charge in [-0.05, 0) is 44.0 Å². The number of nitrogens with zero attached hydrogens (tertiary/aromatic N) is 2. The topological polar surface area (TPSA) is 75.3 Å². The van der Waals surface area contributed by atoms with E-state index in [9.17, 15) is 9.59 Å². The molecule has 132 valence electrons. The zero-order valence-corrected chi connectivity index (χ0v) is 14.8. The first-order valence-electron chi connectivity index (χ1n) is 8.25. The van der Waals surface area contributed by atoms with Gasteiger partial charge in [0.2, 0.25) is 0 Å². The lowest BCUT2D eigenvalue weighted by molar-refractivity contribution is -0.134. The molecule has 2 heterocycles. The van der Waals surface area contributed by atoms with Crippen LogP contribution in [0.3, 0.4) is 0 Å². The first-order valence-corrected chi connectivity index (χ1v) is 8.63. The van der Waals surface area contributed by atoms with Crippen LogP contribution in [0.2, 0.25) is 5.02 Å². The first kappa shape index (κ1) is 17.5. The predicted molar refractivity (Wildman–Crippen MR) is 95.1 cm³/mol. The number of benzene rings is 1. The fourth-order valence-corrected chi connectivity index (χ4v) is 3.15. The molecule has 1 aliphatic heterocycles. The minimum Gasteiger partial charge on any atom is -0.484 e. The fourth-order valence-electron chi connectivity index (χ4n) is 3.02. The number of rotatable bonds is 4. The van der Waals surface area contributed by atoms with E-state index >= 15 is 0 Å². The molecule has 2 aromatic rings. The third kappa shape index (κ3) is 4.60. The largest absolute Gasteiger partial charge is 0.484 e. The number of carbonyl (C=O) groups is 1. The Labute approximate surface area is 150 Å². The van der Waals surface area contributed by atoms with Crippen LogP contribution in [0.1, 0.15) is 30.3 Å². The van der Waals surface area contributed by atoms with Gasteiger partial charge in [-0.2, -0.15) is 0 Å². The predicted octanol–water partition coefficient (Wildman–Crippen LogP) is 2.52. The van der Waals surface area contributed by atoms with E-state index in [1.54, 1.807) is 36.1 Å². The number of amides is 1. The number of aryl methyl sites for hydroxylation is 1. The molecule has 0 radical (unpaired) electrons. The van der Waals surface area contributed by atoms with Gasteiger partial charge < -0.3 is 14.6 Å². The van der Waals surface area contributed by atoms with Crippen LogP contribution in [0.4, 0.5) is 0 Å². The molecule has 3 rings (SSSR count). The molecule has 1 N–H and O–H groups in total. The number of carbonyl (C=O) groups excluding carboxylic acids is 1. The summed E-state index contributed by atoms with van der Waals surface area (Å²) in [7, 11) is 0. The standard InChI is InChI=1S/C18H20ClN3O3/c1-12-20-16(9-17(23)21-12)13-3-2-8-22(10-13)18(24)11-25-15-6-4-14(19)5-7-15/h4-7,9,13H,2-3,8,10-11H2,1H3,(H,20,21,23)/t13-/m1/s1. The molecular formula is C18H20ClN3O3. The maximum atomic E-state index is 12.4. The number of piperidine rings is 1. The second-order valence-electron chi connectivity index (χ2n) is 6.18. The van der Waals surface area contributed by atoms with Crippen molar-refractivity contribution in [2.45, 2.75) is 25.7 Å². The Balaban J connectivity index is 1.61. The van der Waals surface area contributed by atoms with E-state index in [2.05, 4.69) is 9.97 Å². The number of hydrogen-bond acceptors (Lipinski definition) is 4. The lowest BCUT2D eigenvalue weighted by Crippen LogP contribution is -2.42. The van der Waals surface area contributed by atoms with Crippen molar-refractivity contribution in [3.63, 3.8) is 0 Å². The van der Waals surface area contributed by atoms with Gasteiger partial charge in [0, 0.05) is 30.1 Å². The van der Waals surface area contributed by atoms with Crippen molar-refractivity contribution in [3.8, 4) is 5.75 Å². The summed E-state index contributed by atoms with van der Waals surface area (Å²) in [6.45, 7) is 2.99. The molecule has 0 unspecified atom stereocenters. The average molecular weight is 362 g/mol. The van der Waals surface area contributed by atoms with Crippen LogP contribution in [-0.4, -0.2) is 40.5 Å². The quantitative estimate of drug-likeness (QED) is 0.907. The Morgan fingerprint density at radius 1 is 1.40 bits per heavy atom. The molecule has 1 aromatic heterocycles. The second-order valence-corrected chi connectivity index (χ2v) is 6.61. The Kier molecular flexibility index (Phi) is 5.38. The van der Waals surface area contributed by atoms with Crippen LogP contribution in [0, 0.1) is 6.92 Å². The van der Waals surface area contributed by atoms with Crippen LogP contribution in [0.5, 0.6) is 5.75 Å². The number of ether oxygens (including phenoxy) is 1. The minimum absolute atomic E-state index is 0.0177. The van der Waals surface area contributed by atoms with Gasteiger partial charge in [-0.25, -0.2) is 4.98 Å². The summed E-state index contributed by atoms with van der Waals surface area (Å²) in [4.78, 5) is 32.9. The maximum absolute atomic E-state index is 12.4. The van der Waals surface area contributed by atoms with E-state index in [1.165, 1.54) is 6.07 Å². The molecule has 0 bridgehead atoms. The van der Waals surface area contributed by atoms with Crippen molar-refractivity contribution in [3.05, 3.63) is 57.2 Å².